The fourth-order valence-electron chi connectivity index (χ4n) is 3.13. The Labute approximate surface area is 164 Å². The standard InChI is InChI=1S/C22H24FN3O2/c1-14-10-15(2)26(25-14)13-17-6-5-7-19(11-17)22(27)24-16(3)18-8-9-21(28-4)20(23)12-18/h5-12,16H,13H2,1-4H3,(H,24,27)/t16-/m1/s1. The van der Waals surface area contributed by atoms with Gasteiger partial charge in [0.15, 0.2) is 11.6 Å². The van der Waals surface area contributed by atoms with Gasteiger partial charge in [-0.2, -0.15) is 5.10 Å². The van der Waals surface area contributed by atoms with Gasteiger partial charge in [-0.25, -0.2) is 4.39 Å². The number of hydrogen-bond acceptors (Lipinski definition) is 3. The molecular weight excluding hydrogens is 357 g/mol. The Morgan fingerprint density at radius 1 is 1.21 bits per heavy atom. The molecule has 146 valence electrons. The van der Waals surface area contributed by atoms with Gasteiger partial charge >= 0.3 is 0 Å². The van der Waals surface area contributed by atoms with E-state index in [-0.39, 0.29) is 17.7 Å². The third-order valence-corrected chi connectivity index (χ3v) is 4.65. The second-order valence-corrected chi connectivity index (χ2v) is 6.87. The van der Waals surface area contributed by atoms with E-state index < -0.39 is 5.82 Å². The number of methoxy groups -OCH3 is 1. The number of halogens is 1. The SMILES string of the molecule is COc1ccc([C@@H](C)NC(=O)c2cccc(Cn3nc(C)cc3C)c2)cc1F. The number of nitrogens with zero attached hydrogens (tertiary/aromatic N) is 2. The van der Waals surface area contributed by atoms with Gasteiger partial charge in [0, 0.05) is 11.3 Å². The van der Waals surface area contributed by atoms with Crippen LogP contribution in [0.25, 0.3) is 0 Å². The van der Waals surface area contributed by atoms with Gasteiger partial charge in [-0.15, -0.1) is 0 Å². The van der Waals surface area contributed by atoms with Crippen LogP contribution in [0.2, 0.25) is 0 Å². The van der Waals surface area contributed by atoms with Gasteiger partial charge in [0.25, 0.3) is 5.91 Å². The van der Waals surface area contributed by atoms with E-state index in [1.54, 1.807) is 18.2 Å². The summed E-state index contributed by atoms with van der Waals surface area (Å²) in [5.41, 5.74) is 4.25. The van der Waals surface area contributed by atoms with Gasteiger partial charge in [0.1, 0.15) is 0 Å². The second kappa shape index (κ2) is 8.25. The number of aromatic nitrogens is 2. The van der Waals surface area contributed by atoms with Gasteiger partial charge in [-0.3, -0.25) is 9.48 Å². The number of rotatable bonds is 6. The van der Waals surface area contributed by atoms with Gasteiger partial charge in [-0.05, 0) is 62.2 Å². The van der Waals surface area contributed by atoms with Crippen LogP contribution in [0.5, 0.6) is 5.75 Å². The maximum atomic E-state index is 13.9. The predicted molar refractivity (Wildman–Crippen MR) is 106 cm³/mol. The molecule has 1 N–H and O–H groups in total. The molecule has 3 aromatic rings. The summed E-state index contributed by atoms with van der Waals surface area (Å²) in [6, 6.07) is 13.8. The smallest absolute Gasteiger partial charge is 0.251 e. The zero-order chi connectivity index (χ0) is 20.3. The van der Waals surface area contributed by atoms with Crippen molar-refractivity contribution in [3.05, 3.63) is 82.4 Å². The summed E-state index contributed by atoms with van der Waals surface area (Å²) < 4.78 is 20.8. The number of carbonyl (C=O) groups excluding carboxylic acids is 1. The van der Waals surface area contributed by atoms with Gasteiger partial charge in [0.2, 0.25) is 0 Å². The summed E-state index contributed by atoms with van der Waals surface area (Å²) >= 11 is 0. The molecule has 0 bridgehead atoms. The highest BCUT2D eigenvalue weighted by Crippen LogP contribution is 2.22. The Kier molecular flexibility index (Phi) is 5.78. The number of hydrogen-bond donors (Lipinski definition) is 1. The minimum atomic E-state index is -0.451. The van der Waals surface area contributed by atoms with E-state index in [0.29, 0.717) is 17.7 Å². The zero-order valence-corrected chi connectivity index (χ0v) is 16.5. The molecule has 0 unspecified atom stereocenters. The summed E-state index contributed by atoms with van der Waals surface area (Å²) in [4.78, 5) is 12.7. The van der Waals surface area contributed by atoms with Crippen LogP contribution in [0, 0.1) is 19.7 Å². The first-order valence-electron chi connectivity index (χ1n) is 9.11. The molecule has 0 aliphatic carbocycles. The Morgan fingerprint density at radius 3 is 2.64 bits per heavy atom. The minimum Gasteiger partial charge on any atom is -0.494 e. The molecule has 2 aromatic carbocycles. The fourth-order valence-corrected chi connectivity index (χ4v) is 3.13. The molecule has 0 fully saturated rings. The monoisotopic (exact) mass is 381 g/mol. The van der Waals surface area contributed by atoms with Crippen molar-refractivity contribution < 1.29 is 13.9 Å². The lowest BCUT2D eigenvalue weighted by molar-refractivity contribution is 0.0939. The van der Waals surface area contributed by atoms with Crippen molar-refractivity contribution >= 4 is 5.91 Å². The largest absolute Gasteiger partial charge is 0.494 e. The number of aryl methyl sites for hydroxylation is 2. The van der Waals surface area contributed by atoms with Gasteiger partial charge in [-0.1, -0.05) is 18.2 Å². The number of amides is 1. The van der Waals surface area contributed by atoms with E-state index in [9.17, 15) is 9.18 Å². The highest BCUT2D eigenvalue weighted by Gasteiger charge is 2.14. The molecule has 28 heavy (non-hydrogen) atoms. The lowest BCUT2D eigenvalue weighted by Crippen LogP contribution is -2.26. The van der Waals surface area contributed by atoms with Crippen molar-refractivity contribution in [1.29, 1.82) is 0 Å². The minimum absolute atomic E-state index is 0.180. The number of carbonyl (C=O) groups is 1. The molecule has 1 aromatic heterocycles. The van der Waals surface area contributed by atoms with Gasteiger partial charge in [0.05, 0.1) is 25.4 Å². The Balaban J connectivity index is 1.72. The van der Waals surface area contributed by atoms with Crippen molar-refractivity contribution in [2.24, 2.45) is 0 Å². The average Bonchev–Trinajstić information content (AvgIpc) is 2.98. The second-order valence-electron chi connectivity index (χ2n) is 6.87. The number of ether oxygens (including phenoxy) is 1. The maximum Gasteiger partial charge on any atom is 0.251 e. The molecule has 0 spiro atoms. The summed E-state index contributed by atoms with van der Waals surface area (Å²) in [6.07, 6.45) is 0. The molecule has 0 saturated carbocycles. The van der Waals surface area contributed by atoms with Crippen molar-refractivity contribution in [2.75, 3.05) is 7.11 Å². The summed E-state index contributed by atoms with van der Waals surface area (Å²) in [5.74, 6) is -0.481. The van der Waals surface area contributed by atoms with Crippen molar-refractivity contribution in [3.8, 4) is 5.75 Å². The van der Waals surface area contributed by atoms with E-state index in [0.717, 1.165) is 17.0 Å². The van der Waals surface area contributed by atoms with E-state index in [1.165, 1.54) is 13.2 Å². The molecule has 0 saturated heterocycles. The highest BCUT2D eigenvalue weighted by atomic mass is 19.1. The van der Waals surface area contributed by atoms with Crippen molar-refractivity contribution in [2.45, 2.75) is 33.4 Å². The molecule has 3 rings (SSSR count). The summed E-state index contributed by atoms with van der Waals surface area (Å²) in [5, 5.41) is 7.38. The van der Waals surface area contributed by atoms with Gasteiger partial charge < -0.3 is 10.1 Å². The molecule has 1 heterocycles. The van der Waals surface area contributed by atoms with Crippen LogP contribution in [-0.4, -0.2) is 22.8 Å². The summed E-state index contributed by atoms with van der Waals surface area (Å²) in [6.45, 7) is 6.38. The maximum absolute atomic E-state index is 13.9. The molecule has 1 atom stereocenters. The van der Waals surface area contributed by atoms with Crippen LogP contribution in [0.3, 0.4) is 0 Å². The van der Waals surface area contributed by atoms with Crippen LogP contribution in [0.1, 0.15) is 45.8 Å². The van der Waals surface area contributed by atoms with Crippen molar-refractivity contribution in [1.82, 2.24) is 15.1 Å². The Morgan fingerprint density at radius 2 is 2.00 bits per heavy atom. The third-order valence-electron chi connectivity index (χ3n) is 4.65. The molecular formula is C22H24FN3O2. The van der Waals surface area contributed by atoms with E-state index in [4.69, 9.17) is 4.74 Å². The fraction of sp³-hybridized carbons (Fsp3) is 0.273. The number of nitrogens with one attached hydrogen (secondary N) is 1. The third kappa shape index (κ3) is 4.39. The molecule has 5 nitrogen and oxygen atoms in total. The van der Waals surface area contributed by atoms with Crippen LogP contribution in [0.15, 0.2) is 48.5 Å². The zero-order valence-electron chi connectivity index (χ0n) is 16.5. The van der Waals surface area contributed by atoms with Crippen LogP contribution in [-0.2, 0) is 6.54 Å². The highest BCUT2D eigenvalue weighted by molar-refractivity contribution is 5.94. The Hall–Kier alpha value is -3.15. The molecule has 0 radical (unpaired) electrons. The predicted octanol–water partition coefficient (Wildman–Crippen LogP) is 4.19. The summed E-state index contributed by atoms with van der Waals surface area (Å²) in [7, 11) is 1.42. The topological polar surface area (TPSA) is 56.1 Å². The van der Waals surface area contributed by atoms with Crippen LogP contribution in [0.4, 0.5) is 4.39 Å². The number of benzene rings is 2. The quantitative estimate of drug-likeness (QED) is 0.697. The first-order valence-corrected chi connectivity index (χ1v) is 9.11. The average molecular weight is 381 g/mol. The molecule has 0 aliphatic rings. The first-order chi connectivity index (χ1) is 13.4. The van der Waals surface area contributed by atoms with E-state index in [2.05, 4.69) is 10.4 Å². The first kappa shape index (κ1) is 19.6. The lowest BCUT2D eigenvalue weighted by Gasteiger charge is -2.16. The Bertz CT molecular complexity index is 997. The molecule has 0 aliphatic heterocycles. The normalized spacial score (nSPS) is 11.9. The van der Waals surface area contributed by atoms with Crippen molar-refractivity contribution in [3.63, 3.8) is 0 Å². The van der Waals surface area contributed by atoms with Crippen LogP contribution < -0.4 is 10.1 Å². The van der Waals surface area contributed by atoms with E-state index in [1.807, 2.05) is 49.7 Å². The molecule has 6 heteroatoms. The lowest BCUT2D eigenvalue weighted by atomic mass is 10.1. The van der Waals surface area contributed by atoms with Crippen LogP contribution >= 0.6 is 0 Å². The van der Waals surface area contributed by atoms with E-state index >= 15 is 0 Å². The molecule has 1 amide bonds.